The zero-order valence-corrected chi connectivity index (χ0v) is 12.8. The lowest BCUT2D eigenvalue weighted by atomic mass is 10.1. The molecule has 0 aliphatic carbocycles. The highest BCUT2D eigenvalue weighted by Crippen LogP contribution is 2.19. The van der Waals surface area contributed by atoms with E-state index in [0.717, 1.165) is 18.9 Å². The van der Waals surface area contributed by atoms with Crippen LogP contribution in [0.15, 0.2) is 73.1 Å². The number of rotatable bonds is 6. The fourth-order valence-corrected chi connectivity index (χ4v) is 2.42. The summed E-state index contributed by atoms with van der Waals surface area (Å²) < 4.78 is 0. The predicted molar refractivity (Wildman–Crippen MR) is 92.6 cm³/mol. The van der Waals surface area contributed by atoms with Crippen LogP contribution in [-0.2, 0) is 13.1 Å². The van der Waals surface area contributed by atoms with Crippen LogP contribution in [0.3, 0.4) is 0 Å². The van der Waals surface area contributed by atoms with Gasteiger partial charge in [0.2, 0.25) is 0 Å². The molecule has 5 nitrogen and oxygen atoms in total. The van der Waals surface area contributed by atoms with E-state index in [1.165, 1.54) is 17.5 Å². The van der Waals surface area contributed by atoms with Gasteiger partial charge in [-0.15, -0.1) is 0 Å². The molecule has 0 unspecified atom stereocenters. The summed E-state index contributed by atoms with van der Waals surface area (Å²) in [6.07, 6.45) is 1.52. The van der Waals surface area contributed by atoms with Gasteiger partial charge in [-0.2, -0.15) is 0 Å². The molecule has 1 aromatic heterocycles. The smallest absolute Gasteiger partial charge is 0.145 e. The minimum absolute atomic E-state index is 0.598. The van der Waals surface area contributed by atoms with Gasteiger partial charge in [0.25, 0.3) is 0 Å². The molecule has 0 atom stereocenters. The van der Waals surface area contributed by atoms with Crippen molar-refractivity contribution in [3.63, 3.8) is 0 Å². The first-order valence-corrected chi connectivity index (χ1v) is 7.46. The van der Waals surface area contributed by atoms with E-state index in [9.17, 15) is 0 Å². The van der Waals surface area contributed by atoms with Crippen molar-refractivity contribution >= 4 is 11.6 Å². The third-order valence-corrected chi connectivity index (χ3v) is 3.56. The molecular formula is C18H19N5. The molecule has 3 rings (SSSR count). The number of hydrogen-bond acceptors (Lipinski definition) is 5. The number of anilines is 2. The van der Waals surface area contributed by atoms with Crippen LogP contribution in [0.4, 0.5) is 11.6 Å². The molecule has 0 saturated heterocycles. The van der Waals surface area contributed by atoms with Crippen LogP contribution in [0.5, 0.6) is 0 Å². The topological polar surface area (TPSA) is 67.1 Å². The van der Waals surface area contributed by atoms with Gasteiger partial charge in [0.05, 0.1) is 0 Å². The van der Waals surface area contributed by atoms with E-state index in [2.05, 4.69) is 44.6 Å². The first-order valence-electron chi connectivity index (χ1n) is 7.46. The molecule has 5 heteroatoms. The van der Waals surface area contributed by atoms with E-state index in [0.29, 0.717) is 5.82 Å². The number of nitrogens with zero attached hydrogens (tertiary/aromatic N) is 3. The summed E-state index contributed by atoms with van der Waals surface area (Å²) in [5, 5.41) is 0. The number of hydrazine groups is 1. The summed E-state index contributed by atoms with van der Waals surface area (Å²) in [4.78, 5) is 10.7. The van der Waals surface area contributed by atoms with Gasteiger partial charge in [-0.05, 0) is 11.1 Å². The van der Waals surface area contributed by atoms with E-state index >= 15 is 0 Å². The molecule has 116 valence electrons. The van der Waals surface area contributed by atoms with Gasteiger partial charge in [0.1, 0.15) is 18.0 Å². The molecule has 0 spiro atoms. The molecule has 0 saturated carbocycles. The van der Waals surface area contributed by atoms with E-state index in [1.54, 1.807) is 0 Å². The van der Waals surface area contributed by atoms with Crippen molar-refractivity contribution in [2.75, 3.05) is 10.3 Å². The van der Waals surface area contributed by atoms with Gasteiger partial charge in [-0.3, -0.25) is 0 Å². The van der Waals surface area contributed by atoms with E-state index in [1.807, 2.05) is 42.5 Å². The van der Waals surface area contributed by atoms with Crippen LogP contribution in [0.1, 0.15) is 11.1 Å². The zero-order chi connectivity index (χ0) is 15.9. The van der Waals surface area contributed by atoms with Crippen LogP contribution < -0.4 is 16.2 Å². The third kappa shape index (κ3) is 4.05. The summed E-state index contributed by atoms with van der Waals surface area (Å²) in [5.41, 5.74) is 5.02. The molecule has 0 radical (unpaired) electrons. The highest BCUT2D eigenvalue weighted by atomic mass is 15.3. The lowest BCUT2D eigenvalue weighted by molar-refractivity contribution is 0.780. The van der Waals surface area contributed by atoms with Gasteiger partial charge in [-0.25, -0.2) is 15.8 Å². The average molecular weight is 305 g/mol. The quantitative estimate of drug-likeness (QED) is 0.541. The summed E-state index contributed by atoms with van der Waals surface area (Å²) >= 11 is 0. The largest absolute Gasteiger partial charge is 0.348 e. The maximum Gasteiger partial charge on any atom is 0.145 e. The van der Waals surface area contributed by atoms with Crippen molar-refractivity contribution in [3.05, 3.63) is 84.2 Å². The van der Waals surface area contributed by atoms with Gasteiger partial charge in [0.15, 0.2) is 0 Å². The van der Waals surface area contributed by atoms with Crippen LogP contribution in [-0.4, -0.2) is 9.97 Å². The number of benzene rings is 2. The van der Waals surface area contributed by atoms with Crippen LogP contribution in [0, 0.1) is 0 Å². The molecule has 1 heterocycles. The number of aromatic nitrogens is 2. The molecule has 2 aromatic carbocycles. The van der Waals surface area contributed by atoms with Crippen molar-refractivity contribution in [1.29, 1.82) is 0 Å². The standard InChI is InChI=1S/C18H19N5/c19-22-17-11-18(21-14-20-17)23(12-15-7-3-1-4-8-15)13-16-9-5-2-6-10-16/h1-11,14H,12-13,19H2,(H,20,21,22). The molecule has 23 heavy (non-hydrogen) atoms. The van der Waals surface area contributed by atoms with Gasteiger partial charge in [-0.1, -0.05) is 60.7 Å². The Labute approximate surface area is 135 Å². The van der Waals surface area contributed by atoms with Gasteiger partial charge in [0, 0.05) is 19.2 Å². The first kappa shape index (κ1) is 15.0. The summed E-state index contributed by atoms with van der Waals surface area (Å²) in [6, 6.07) is 22.5. The van der Waals surface area contributed by atoms with Crippen molar-refractivity contribution < 1.29 is 0 Å². The van der Waals surface area contributed by atoms with E-state index < -0.39 is 0 Å². The number of nitrogens with two attached hydrogens (primary N) is 1. The highest BCUT2D eigenvalue weighted by molar-refractivity contribution is 5.48. The molecule has 3 N–H and O–H groups in total. The molecule has 0 bridgehead atoms. The maximum atomic E-state index is 5.47. The van der Waals surface area contributed by atoms with Crippen molar-refractivity contribution in [3.8, 4) is 0 Å². The Morgan fingerprint density at radius 1 is 0.826 bits per heavy atom. The Balaban J connectivity index is 1.88. The van der Waals surface area contributed by atoms with Crippen molar-refractivity contribution in [2.45, 2.75) is 13.1 Å². The molecule has 0 aliphatic rings. The normalized spacial score (nSPS) is 10.3. The molecule has 0 fully saturated rings. The molecule has 0 amide bonds. The second-order valence-electron chi connectivity index (χ2n) is 5.23. The van der Waals surface area contributed by atoms with Gasteiger partial charge < -0.3 is 10.3 Å². The summed E-state index contributed by atoms with van der Waals surface area (Å²) in [5.74, 6) is 6.90. The summed E-state index contributed by atoms with van der Waals surface area (Å²) in [7, 11) is 0. The van der Waals surface area contributed by atoms with Gasteiger partial charge >= 0.3 is 0 Å². The second kappa shape index (κ2) is 7.38. The van der Waals surface area contributed by atoms with Crippen LogP contribution in [0.2, 0.25) is 0 Å². The molecule has 0 aliphatic heterocycles. The SMILES string of the molecule is NNc1cc(N(Cc2ccccc2)Cc2ccccc2)ncn1. The van der Waals surface area contributed by atoms with Crippen LogP contribution in [0.25, 0.3) is 0 Å². The lowest BCUT2D eigenvalue weighted by Gasteiger charge is -2.24. The predicted octanol–water partition coefficient (Wildman–Crippen LogP) is 2.97. The number of nitrogen functional groups attached to an aromatic ring is 1. The number of nitrogens with one attached hydrogen (secondary N) is 1. The van der Waals surface area contributed by atoms with E-state index in [4.69, 9.17) is 5.84 Å². The minimum Gasteiger partial charge on any atom is -0.348 e. The Hall–Kier alpha value is -2.92. The average Bonchev–Trinajstić information content (AvgIpc) is 2.63. The Kier molecular flexibility index (Phi) is 4.81. The monoisotopic (exact) mass is 305 g/mol. The van der Waals surface area contributed by atoms with E-state index in [-0.39, 0.29) is 0 Å². The van der Waals surface area contributed by atoms with Crippen LogP contribution >= 0.6 is 0 Å². The minimum atomic E-state index is 0.598. The lowest BCUT2D eigenvalue weighted by Crippen LogP contribution is -2.23. The second-order valence-corrected chi connectivity index (χ2v) is 5.23. The molecular weight excluding hydrogens is 286 g/mol. The number of hydrogen-bond donors (Lipinski definition) is 2. The Morgan fingerprint density at radius 3 is 1.91 bits per heavy atom. The molecule has 3 aromatic rings. The zero-order valence-electron chi connectivity index (χ0n) is 12.8. The fourth-order valence-electron chi connectivity index (χ4n) is 2.42. The highest BCUT2D eigenvalue weighted by Gasteiger charge is 2.11. The maximum absolute atomic E-state index is 5.47. The first-order chi connectivity index (χ1) is 11.3. The Morgan fingerprint density at radius 2 is 1.39 bits per heavy atom. The third-order valence-electron chi connectivity index (χ3n) is 3.56. The van der Waals surface area contributed by atoms with Crippen molar-refractivity contribution in [1.82, 2.24) is 9.97 Å². The summed E-state index contributed by atoms with van der Waals surface area (Å²) in [6.45, 7) is 1.52. The Bertz CT molecular complexity index is 689. The van der Waals surface area contributed by atoms with Crippen molar-refractivity contribution in [2.24, 2.45) is 5.84 Å². The fraction of sp³-hybridized carbons (Fsp3) is 0.111.